The van der Waals surface area contributed by atoms with Crippen LogP contribution in [0.2, 0.25) is 0 Å². The van der Waals surface area contributed by atoms with Gasteiger partial charge in [0, 0.05) is 23.5 Å². The molecule has 96 valence electrons. The van der Waals surface area contributed by atoms with E-state index in [4.69, 9.17) is 0 Å². The molecule has 3 rings (SSSR count). The highest BCUT2D eigenvalue weighted by Gasteiger charge is 2.30. The van der Waals surface area contributed by atoms with Gasteiger partial charge in [0.15, 0.2) is 0 Å². The maximum atomic E-state index is 9.91. The minimum Gasteiger partial charge on any atom is -0.388 e. The van der Waals surface area contributed by atoms with Crippen LogP contribution in [0.1, 0.15) is 11.7 Å². The van der Waals surface area contributed by atoms with Crippen LogP contribution < -0.4 is 0 Å². The van der Waals surface area contributed by atoms with Gasteiger partial charge in [-0.25, -0.2) is 0 Å². The Labute approximate surface area is 111 Å². The molecule has 18 heavy (non-hydrogen) atoms. The number of aliphatic hydroxyl groups excluding tert-OH is 2. The maximum absolute atomic E-state index is 9.91. The lowest BCUT2D eigenvalue weighted by Gasteiger charge is -2.19. The molecule has 0 radical (unpaired) electrons. The van der Waals surface area contributed by atoms with Gasteiger partial charge in [0.05, 0.1) is 11.6 Å². The lowest BCUT2D eigenvalue weighted by Crippen LogP contribution is -2.27. The molecule has 0 aliphatic heterocycles. The summed E-state index contributed by atoms with van der Waals surface area (Å²) >= 11 is 0. The molecule has 0 saturated heterocycles. The summed E-state index contributed by atoms with van der Waals surface area (Å²) in [5.41, 5.74) is 2.00. The molecule has 4 nitrogen and oxygen atoms in total. The smallest absolute Gasteiger partial charge is 0.108 e. The number of pyridine rings is 1. The largest absolute Gasteiger partial charge is 0.388 e. The average Bonchev–Trinajstić information content (AvgIpc) is 2.86. The Morgan fingerprint density at radius 2 is 2.00 bits per heavy atom. The van der Waals surface area contributed by atoms with Crippen LogP contribution in [0.5, 0.6) is 0 Å². The van der Waals surface area contributed by atoms with E-state index in [9.17, 15) is 10.2 Å². The molecule has 0 saturated carbocycles. The molecule has 3 atom stereocenters. The monoisotopic (exact) mass is 266 g/mol. The fourth-order valence-electron chi connectivity index (χ4n) is 2.41. The average molecular weight is 267 g/mol. The highest BCUT2D eigenvalue weighted by Crippen LogP contribution is 2.29. The van der Waals surface area contributed by atoms with Gasteiger partial charge in [-0.05, 0) is 19.1 Å². The summed E-state index contributed by atoms with van der Waals surface area (Å²) in [5, 5.41) is 20.5. The first-order chi connectivity index (χ1) is 8.18. The van der Waals surface area contributed by atoms with E-state index in [2.05, 4.69) is 4.98 Å². The van der Waals surface area contributed by atoms with Crippen molar-refractivity contribution in [1.29, 1.82) is 0 Å². The summed E-state index contributed by atoms with van der Waals surface area (Å²) in [5.74, 6) is 0. The Morgan fingerprint density at radius 1 is 1.22 bits per heavy atom. The van der Waals surface area contributed by atoms with Crippen molar-refractivity contribution < 1.29 is 10.2 Å². The highest BCUT2D eigenvalue weighted by molar-refractivity contribution is 5.85. The van der Waals surface area contributed by atoms with E-state index >= 15 is 0 Å². The third-order valence-electron chi connectivity index (χ3n) is 3.37. The standard InChI is InChI=1S/C13H14N2O2.ClH/c1-8-9-5-7-15(10(9)4-6-14-8)11-2-3-12(16)13(11)17;/h2-7,11-13,16-17H,1H3;1H. The van der Waals surface area contributed by atoms with E-state index in [0.29, 0.717) is 0 Å². The lowest BCUT2D eigenvalue weighted by molar-refractivity contribution is 0.0377. The SMILES string of the molecule is Cc1nccc2c1ccn2C1C=CC(O)C1O.Cl. The third kappa shape index (κ3) is 1.82. The molecule has 0 aromatic carbocycles. The number of rotatable bonds is 1. The molecule has 3 unspecified atom stereocenters. The number of hydrogen-bond donors (Lipinski definition) is 2. The van der Waals surface area contributed by atoms with Gasteiger partial charge in [-0.3, -0.25) is 4.98 Å². The van der Waals surface area contributed by atoms with Crippen molar-refractivity contribution in [2.45, 2.75) is 25.2 Å². The van der Waals surface area contributed by atoms with E-state index in [1.54, 1.807) is 12.3 Å². The molecule has 0 amide bonds. The van der Waals surface area contributed by atoms with Crippen LogP contribution in [0.25, 0.3) is 10.9 Å². The van der Waals surface area contributed by atoms with Gasteiger partial charge in [-0.1, -0.05) is 12.2 Å². The molecule has 0 bridgehead atoms. The first-order valence-electron chi connectivity index (χ1n) is 5.65. The van der Waals surface area contributed by atoms with Gasteiger partial charge in [-0.2, -0.15) is 0 Å². The Balaban J connectivity index is 0.00000120. The van der Waals surface area contributed by atoms with Crippen molar-refractivity contribution in [3.63, 3.8) is 0 Å². The zero-order chi connectivity index (χ0) is 12.0. The van der Waals surface area contributed by atoms with Crippen LogP contribution in [0.4, 0.5) is 0 Å². The molecule has 2 heterocycles. The van der Waals surface area contributed by atoms with Gasteiger partial charge in [0.25, 0.3) is 0 Å². The molecule has 0 fully saturated rings. The number of halogens is 1. The Morgan fingerprint density at radius 3 is 2.67 bits per heavy atom. The molecule has 2 aromatic rings. The summed E-state index contributed by atoms with van der Waals surface area (Å²) < 4.78 is 1.97. The van der Waals surface area contributed by atoms with Crippen molar-refractivity contribution in [3.8, 4) is 0 Å². The number of fused-ring (bicyclic) bond motifs is 1. The summed E-state index contributed by atoms with van der Waals surface area (Å²) in [6.45, 7) is 1.96. The second-order valence-electron chi connectivity index (χ2n) is 4.41. The van der Waals surface area contributed by atoms with E-state index in [0.717, 1.165) is 16.6 Å². The van der Waals surface area contributed by atoms with Crippen molar-refractivity contribution >= 4 is 23.3 Å². The number of nitrogens with zero attached hydrogens (tertiary/aromatic N) is 2. The molecule has 1 aliphatic rings. The van der Waals surface area contributed by atoms with Crippen molar-refractivity contribution in [3.05, 3.63) is 42.4 Å². The normalized spacial score (nSPS) is 26.5. The van der Waals surface area contributed by atoms with E-state index in [-0.39, 0.29) is 18.4 Å². The van der Waals surface area contributed by atoms with Crippen LogP contribution in [0.15, 0.2) is 36.7 Å². The second kappa shape index (κ2) is 4.72. The molecule has 2 N–H and O–H groups in total. The van der Waals surface area contributed by atoms with Gasteiger partial charge in [0.1, 0.15) is 12.2 Å². The summed E-state index contributed by atoms with van der Waals surface area (Å²) in [6, 6.07) is 3.71. The van der Waals surface area contributed by atoms with Gasteiger partial charge < -0.3 is 14.8 Å². The molecular weight excluding hydrogens is 252 g/mol. The fraction of sp³-hybridized carbons (Fsp3) is 0.308. The number of hydrogen-bond acceptors (Lipinski definition) is 3. The lowest BCUT2D eigenvalue weighted by atomic mass is 10.2. The predicted octanol–water partition coefficient (Wildman–Crippen LogP) is 1.60. The predicted molar refractivity (Wildman–Crippen MR) is 71.9 cm³/mol. The molecular formula is C13H15ClN2O2. The molecule has 1 aliphatic carbocycles. The number of aromatic nitrogens is 2. The zero-order valence-corrected chi connectivity index (χ0v) is 10.7. The van der Waals surface area contributed by atoms with Crippen molar-refractivity contribution in [2.24, 2.45) is 0 Å². The molecule has 2 aromatic heterocycles. The quantitative estimate of drug-likeness (QED) is 0.771. The van der Waals surface area contributed by atoms with Crippen LogP contribution in [0, 0.1) is 6.92 Å². The van der Waals surface area contributed by atoms with Crippen molar-refractivity contribution in [2.75, 3.05) is 0 Å². The summed E-state index contributed by atoms with van der Waals surface area (Å²) in [4.78, 5) is 4.24. The minimum absolute atomic E-state index is 0. The van der Waals surface area contributed by atoms with E-state index < -0.39 is 12.2 Å². The van der Waals surface area contributed by atoms with Crippen molar-refractivity contribution in [1.82, 2.24) is 9.55 Å². The van der Waals surface area contributed by atoms with Crippen LogP contribution in [-0.4, -0.2) is 32.0 Å². The second-order valence-corrected chi connectivity index (χ2v) is 4.41. The summed E-state index contributed by atoms with van der Waals surface area (Å²) in [7, 11) is 0. The van der Waals surface area contributed by atoms with Gasteiger partial charge >= 0.3 is 0 Å². The third-order valence-corrected chi connectivity index (χ3v) is 3.37. The topological polar surface area (TPSA) is 58.3 Å². The fourth-order valence-corrected chi connectivity index (χ4v) is 2.41. The maximum Gasteiger partial charge on any atom is 0.108 e. The molecule has 5 heteroatoms. The zero-order valence-electron chi connectivity index (χ0n) is 9.89. The number of aryl methyl sites for hydroxylation is 1. The summed E-state index contributed by atoms with van der Waals surface area (Å²) in [6.07, 6.45) is 5.60. The van der Waals surface area contributed by atoms with E-state index in [1.165, 1.54) is 0 Å². The van der Waals surface area contributed by atoms with Gasteiger partial charge in [0.2, 0.25) is 0 Å². The first-order valence-corrected chi connectivity index (χ1v) is 5.65. The van der Waals surface area contributed by atoms with Crippen LogP contribution >= 0.6 is 12.4 Å². The highest BCUT2D eigenvalue weighted by atomic mass is 35.5. The first kappa shape index (κ1) is 13.1. The van der Waals surface area contributed by atoms with E-state index in [1.807, 2.05) is 35.9 Å². The number of aliphatic hydroxyl groups is 2. The van der Waals surface area contributed by atoms with Crippen LogP contribution in [0.3, 0.4) is 0 Å². The van der Waals surface area contributed by atoms with Crippen LogP contribution in [-0.2, 0) is 0 Å². The Kier molecular flexibility index (Phi) is 3.43. The van der Waals surface area contributed by atoms with Gasteiger partial charge in [-0.15, -0.1) is 12.4 Å². The minimum atomic E-state index is -0.779. The molecule has 0 spiro atoms. The Bertz CT molecular complexity index is 594. The Hall–Kier alpha value is -1.36.